The van der Waals surface area contributed by atoms with Gasteiger partial charge in [-0.25, -0.2) is 13.2 Å². The van der Waals surface area contributed by atoms with Crippen molar-refractivity contribution in [2.24, 2.45) is 0 Å². The van der Waals surface area contributed by atoms with Crippen LogP contribution in [0.25, 0.3) is 0 Å². The van der Waals surface area contributed by atoms with E-state index in [1.807, 2.05) is 6.92 Å². The molecule has 30 heavy (non-hydrogen) atoms. The summed E-state index contributed by atoms with van der Waals surface area (Å²) < 4.78 is 38.6. The molecule has 2 fully saturated rings. The molecule has 2 aliphatic heterocycles. The topological polar surface area (TPSA) is 93.2 Å². The molecule has 2 heterocycles. The van der Waals surface area contributed by atoms with Gasteiger partial charge in [-0.15, -0.1) is 0 Å². The molecule has 0 N–H and O–H groups in total. The molecular formula is C21H30N2O6S. The number of esters is 1. The highest BCUT2D eigenvalue weighted by molar-refractivity contribution is 7.89. The summed E-state index contributed by atoms with van der Waals surface area (Å²) in [5, 5.41) is 0. The number of piperidine rings is 1. The quantitative estimate of drug-likeness (QED) is 0.634. The van der Waals surface area contributed by atoms with E-state index in [-0.39, 0.29) is 28.2 Å². The summed E-state index contributed by atoms with van der Waals surface area (Å²) >= 11 is 0. The van der Waals surface area contributed by atoms with Gasteiger partial charge in [-0.2, -0.15) is 4.31 Å². The molecule has 3 rings (SSSR count). The lowest BCUT2D eigenvalue weighted by Crippen LogP contribution is -2.42. The van der Waals surface area contributed by atoms with Crippen molar-refractivity contribution >= 4 is 21.9 Å². The zero-order valence-electron chi connectivity index (χ0n) is 17.8. The minimum absolute atomic E-state index is 0.0632. The van der Waals surface area contributed by atoms with Gasteiger partial charge in [0.2, 0.25) is 10.0 Å². The molecule has 9 heteroatoms. The Balaban J connectivity index is 1.83. The van der Waals surface area contributed by atoms with E-state index in [2.05, 4.69) is 0 Å². The Labute approximate surface area is 178 Å². The lowest BCUT2D eigenvalue weighted by molar-refractivity contribution is -0.138. The zero-order chi connectivity index (χ0) is 21.9. The molecule has 0 radical (unpaired) electrons. The molecule has 166 valence electrons. The fraction of sp³-hybridized carbons (Fsp3) is 0.619. The largest absolute Gasteiger partial charge is 0.495 e. The maximum atomic E-state index is 13.3. The molecule has 1 amide bonds. The van der Waals surface area contributed by atoms with E-state index in [1.54, 1.807) is 4.90 Å². The van der Waals surface area contributed by atoms with Crippen molar-refractivity contribution in [1.29, 1.82) is 0 Å². The van der Waals surface area contributed by atoms with Crippen LogP contribution in [-0.4, -0.2) is 68.4 Å². The Morgan fingerprint density at radius 2 is 1.77 bits per heavy atom. The van der Waals surface area contributed by atoms with Gasteiger partial charge in [-0.3, -0.25) is 4.79 Å². The maximum absolute atomic E-state index is 13.3. The SMILES string of the molecule is COc1ccc(C(=O)OC(C)C(=O)N2CCCC2)cc1S(=O)(=O)N1CCCCC1C. The zero-order valence-corrected chi connectivity index (χ0v) is 18.6. The summed E-state index contributed by atoms with van der Waals surface area (Å²) in [4.78, 5) is 26.7. The van der Waals surface area contributed by atoms with Crippen LogP contribution in [0.5, 0.6) is 5.75 Å². The van der Waals surface area contributed by atoms with Crippen molar-refractivity contribution in [3.8, 4) is 5.75 Å². The number of rotatable bonds is 6. The van der Waals surface area contributed by atoms with Crippen LogP contribution in [0, 0.1) is 0 Å². The number of carbonyl (C=O) groups excluding carboxylic acids is 2. The van der Waals surface area contributed by atoms with Crippen LogP contribution in [-0.2, 0) is 19.6 Å². The Morgan fingerprint density at radius 1 is 1.10 bits per heavy atom. The first kappa shape index (κ1) is 22.6. The number of likely N-dealkylation sites (tertiary alicyclic amines) is 1. The Morgan fingerprint density at radius 3 is 2.40 bits per heavy atom. The third-order valence-corrected chi connectivity index (χ3v) is 7.81. The second kappa shape index (κ2) is 9.34. The van der Waals surface area contributed by atoms with E-state index in [4.69, 9.17) is 9.47 Å². The second-order valence-corrected chi connectivity index (χ2v) is 9.77. The number of sulfonamides is 1. The number of benzene rings is 1. The summed E-state index contributed by atoms with van der Waals surface area (Å²) in [6.07, 6.45) is 3.53. The first-order valence-corrected chi connectivity index (χ1v) is 11.9. The molecule has 2 aliphatic rings. The van der Waals surface area contributed by atoms with Gasteiger partial charge in [0.15, 0.2) is 6.10 Å². The number of carbonyl (C=O) groups is 2. The van der Waals surface area contributed by atoms with Crippen LogP contribution in [0.3, 0.4) is 0 Å². The van der Waals surface area contributed by atoms with Crippen molar-refractivity contribution < 1.29 is 27.5 Å². The van der Waals surface area contributed by atoms with Gasteiger partial charge >= 0.3 is 5.97 Å². The summed E-state index contributed by atoms with van der Waals surface area (Å²) in [7, 11) is -2.45. The van der Waals surface area contributed by atoms with Gasteiger partial charge in [0.05, 0.1) is 12.7 Å². The molecule has 0 bridgehead atoms. The minimum Gasteiger partial charge on any atom is -0.495 e. The monoisotopic (exact) mass is 438 g/mol. The van der Waals surface area contributed by atoms with Crippen molar-refractivity contribution in [2.45, 2.75) is 63.0 Å². The predicted molar refractivity (Wildman–Crippen MR) is 111 cm³/mol. The number of ether oxygens (including phenoxy) is 2. The van der Waals surface area contributed by atoms with E-state index in [0.29, 0.717) is 19.6 Å². The van der Waals surface area contributed by atoms with E-state index in [1.165, 1.54) is 36.5 Å². The highest BCUT2D eigenvalue weighted by Gasteiger charge is 2.34. The molecule has 1 aromatic rings. The summed E-state index contributed by atoms with van der Waals surface area (Å²) in [6, 6.07) is 4.06. The molecule has 0 saturated carbocycles. The third-order valence-electron chi connectivity index (χ3n) is 5.78. The van der Waals surface area contributed by atoms with Gasteiger partial charge in [0.25, 0.3) is 5.91 Å². The molecular weight excluding hydrogens is 408 g/mol. The van der Waals surface area contributed by atoms with Crippen LogP contribution in [0.15, 0.2) is 23.1 Å². The molecule has 0 aromatic heterocycles. The Bertz CT molecular complexity index is 895. The lowest BCUT2D eigenvalue weighted by Gasteiger charge is -2.32. The Kier molecular flexibility index (Phi) is 7.02. The predicted octanol–water partition coefficient (Wildman–Crippen LogP) is 2.43. The summed E-state index contributed by atoms with van der Waals surface area (Å²) in [5.41, 5.74) is 0.0695. The van der Waals surface area contributed by atoms with Crippen molar-refractivity contribution in [3.05, 3.63) is 23.8 Å². The van der Waals surface area contributed by atoms with Crippen molar-refractivity contribution in [2.75, 3.05) is 26.7 Å². The molecule has 8 nitrogen and oxygen atoms in total. The summed E-state index contributed by atoms with van der Waals surface area (Å²) in [5.74, 6) is -0.796. The fourth-order valence-electron chi connectivity index (χ4n) is 4.03. The van der Waals surface area contributed by atoms with Crippen LogP contribution in [0.2, 0.25) is 0 Å². The van der Waals surface area contributed by atoms with E-state index < -0.39 is 22.1 Å². The average Bonchev–Trinajstić information content (AvgIpc) is 3.27. The number of nitrogens with zero attached hydrogens (tertiary/aromatic N) is 2. The first-order chi connectivity index (χ1) is 14.3. The molecule has 2 atom stereocenters. The van der Waals surface area contributed by atoms with Crippen LogP contribution in [0.1, 0.15) is 56.3 Å². The normalized spacial score (nSPS) is 21.3. The van der Waals surface area contributed by atoms with Gasteiger partial charge < -0.3 is 14.4 Å². The van der Waals surface area contributed by atoms with E-state index in [9.17, 15) is 18.0 Å². The smallest absolute Gasteiger partial charge is 0.338 e. The molecule has 0 aliphatic carbocycles. The van der Waals surface area contributed by atoms with Gasteiger partial charge in [0.1, 0.15) is 10.6 Å². The van der Waals surface area contributed by atoms with Crippen LogP contribution < -0.4 is 4.74 Å². The van der Waals surface area contributed by atoms with Gasteiger partial charge in [0, 0.05) is 25.7 Å². The van der Waals surface area contributed by atoms with E-state index >= 15 is 0 Å². The highest BCUT2D eigenvalue weighted by atomic mass is 32.2. The Hall–Kier alpha value is -2.13. The highest BCUT2D eigenvalue weighted by Crippen LogP contribution is 2.32. The van der Waals surface area contributed by atoms with Crippen molar-refractivity contribution in [3.63, 3.8) is 0 Å². The number of hydrogen-bond acceptors (Lipinski definition) is 6. The minimum atomic E-state index is -3.84. The van der Waals surface area contributed by atoms with Crippen molar-refractivity contribution in [1.82, 2.24) is 9.21 Å². The standard InChI is InChI=1S/C21H30N2O6S/c1-15-8-4-5-13-23(15)30(26,27)19-14-17(9-10-18(19)28-3)21(25)29-16(2)20(24)22-11-6-7-12-22/h9-10,14-16H,4-8,11-13H2,1-3H3. The first-order valence-electron chi connectivity index (χ1n) is 10.5. The average molecular weight is 439 g/mol. The van der Waals surface area contributed by atoms with Gasteiger partial charge in [-0.1, -0.05) is 6.42 Å². The van der Waals surface area contributed by atoms with Crippen LogP contribution >= 0.6 is 0 Å². The molecule has 2 unspecified atom stereocenters. The number of hydrogen-bond donors (Lipinski definition) is 0. The molecule has 1 aromatic carbocycles. The van der Waals surface area contributed by atoms with E-state index in [0.717, 1.165) is 32.1 Å². The number of methoxy groups -OCH3 is 1. The summed E-state index contributed by atoms with van der Waals surface area (Å²) in [6.45, 7) is 5.18. The maximum Gasteiger partial charge on any atom is 0.338 e. The number of amides is 1. The third kappa shape index (κ3) is 4.62. The molecule has 0 spiro atoms. The van der Waals surface area contributed by atoms with Crippen LogP contribution in [0.4, 0.5) is 0 Å². The lowest BCUT2D eigenvalue weighted by atomic mass is 10.1. The second-order valence-electron chi connectivity index (χ2n) is 7.91. The fourth-order valence-corrected chi connectivity index (χ4v) is 5.92. The molecule has 2 saturated heterocycles. The van der Waals surface area contributed by atoms with Gasteiger partial charge in [-0.05, 0) is 57.7 Å².